The number of aryl methyl sites for hydroxylation is 2. The monoisotopic (exact) mass is 219 g/mol. The van der Waals surface area contributed by atoms with E-state index >= 15 is 0 Å². The smallest absolute Gasteiger partial charge is 0.118 e. The van der Waals surface area contributed by atoms with E-state index in [1.165, 1.54) is 5.56 Å². The summed E-state index contributed by atoms with van der Waals surface area (Å²) in [5.74, 6) is 2.99. The average molecular weight is 219 g/mol. The molecule has 0 saturated carbocycles. The Morgan fingerprint density at radius 1 is 1.44 bits per heavy atom. The van der Waals surface area contributed by atoms with E-state index in [2.05, 4.69) is 20.9 Å². The number of nitrogens with zero attached hydrogens (tertiary/aromatic N) is 2. The predicted octanol–water partition coefficient (Wildman–Crippen LogP) is 1.86. The highest BCUT2D eigenvalue weighted by molar-refractivity contribution is 5.21. The third-order valence-corrected chi connectivity index (χ3v) is 2.69. The minimum atomic E-state index is 0.768. The Morgan fingerprint density at radius 2 is 2.25 bits per heavy atom. The maximum Gasteiger partial charge on any atom is 0.118 e. The van der Waals surface area contributed by atoms with Gasteiger partial charge in [-0.1, -0.05) is 0 Å². The van der Waals surface area contributed by atoms with Crippen LogP contribution in [0.15, 0.2) is 22.9 Å². The van der Waals surface area contributed by atoms with Gasteiger partial charge in [0.2, 0.25) is 0 Å². The highest BCUT2D eigenvalue weighted by Crippen LogP contribution is 2.16. The van der Waals surface area contributed by atoms with E-state index in [0.717, 1.165) is 30.4 Å². The second-order valence-electron chi connectivity index (χ2n) is 3.93. The van der Waals surface area contributed by atoms with Gasteiger partial charge in [0.15, 0.2) is 0 Å². The number of hydrogen-bond donors (Lipinski definition) is 1. The first-order valence-corrected chi connectivity index (χ1v) is 5.41. The van der Waals surface area contributed by atoms with Gasteiger partial charge in [0.25, 0.3) is 0 Å². The molecule has 0 amide bonds. The Kier molecular flexibility index (Phi) is 3.10. The van der Waals surface area contributed by atoms with E-state index in [1.54, 1.807) is 0 Å². The van der Waals surface area contributed by atoms with E-state index < -0.39 is 0 Å². The molecule has 0 aliphatic heterocycles. The third-order valence-electron chi connectivity index (χ3n) is 2.69. The van der Waals surface area contributed by atoms with E-state index in [0.29, 0.717) is 0 Å². The summed E-state index contributed by atoms with van der Waals surface area (Å²) in [7, 11) is 1.91. The van der Waals surface area contributed by atoms with Crippen LogP contribution in [0, 0.1) is 13.8 Å². The standard InChI is InChI=1S/C12H17N3O/c1-9-11(6-12(16-9)7-13-3)8-15-5-4-14-10(15)2/h4-6,13H,7-8H2,1-3H3. The van der Waals surface area contributed by atoms with Gasteiger partial charge in [0.1, 0.15) is 17.3 Å². The first-order valence-electron chi connectivity index (χ1n) is 5.41. The van der Waals surface area contributed by atoms with Crippen LogP contribution >= 0.6 is 0 Å². The van der Waals surface area contributed by atoms with Crippen molar-refractivity contribution in [3.05, 3.63) is 41.4 Å². The van der Waals surface area contributed by atoms with E-state index in [4.69, 9.17) is 4.42 Å². The lowest BCUT2D eigenvalue weighted by molar-refractivity contribution is 0.468. The fraction of sp³-hybridized carbons (Fsp3) is 0.417. The summed E-state index contributed by atoms with van der Waals surface area (Å²) in [6.45, 7) is 5.60. The molecule has 4 nitrogen and oxygen atoms in total. The number of rotatable bonds is 4. The van der Waals surface area contributed by atoms with E-state index in [9.17, 15) is 0 Å². The Hall–Kier alpha value is -1.55. The van der Waals surface area contributed by atoms with Gasteiger partial charge in [0.05, 0.1) is 13.1 Å². The topological polar surface area (TPSA) is 43.0 Å². The molecule has 0 saturated heterocycles. The third kappa shape index (κ3) is 2.17. The van der Waals surface area contributed by atoms with Crippen LogP contribution in [0.25, 0.3) is 0 Å². The molecule has 4 heteroatoms. The molecule has 0 aromatic carbocycles. The van der Waals surface area contributed by atoms with Crippen LogP contribution in [0.1, 0.15) is 22.9 Å². The second-order valence-corrected chi connectivity index (χ2v) is 3.93. The van der Waals surface area contributed by atoms with Crippen LogP contribution < -0.4 is 5.32 Å². The molecule has 0 unspecified atom stereocenters. The highest BCUT2D eigenvalue weighted by Gasteiger charge is 2.08. The molecular weight excluding hydrogens is 202 g/mol. The average Bonchev–Trinajstić information content (AvgIpc) is 2.77. The molecule has 0 aliphatic rings. The second kappa shape index (κ2) is 4.53. The van der Waals surface area contributed by atoms with E-state index in [1.807, 2.05) is 33.3 Å². The highest BCUT2D eigenvalue weighted by atomic mass is 16.3. The molecule has 0 atom stereocenters. The minimum Gasteiger partial charge on any atom is -0.465 e. The predicted molar refractivity (Wildman–Crippen MR) is 62.3 cm³/mol. The van der Waals surface area contributed by atoms with Crippen LogP contribution in [0.2, 0.25) is 0 Å². The van der Waals surface area contributed by atoms with Gasteiger partial charge in [-0.15, -0.1) is 0 Å². The van der Waals surface area contributed by atoms with E-state index in [-0.39, 0.29) is 0 Å². The van der Waals surface area contributed by atoms with Crippen molar-refractivity contribution in [2.45, 2.75) is 26.9 Å². The summed E-state index contributed by atoms with van der Waals surface area (Å²) in [5.41, 5.74) is 1.21. The molecule has 86 valence electrons. The molecule has 0 bridgehead atoms. The lowest BCUT2D eigenvalue weighted by atomic mass is 10.2. The first-order chi connectivity index (χ1) is 7.70. The lowest BCUT2D eigenvalue weighted by Gasteiger charge is -2.02. The Bertz CT molecular complexity index is 470. The fourth-order valence-electron chi connectivity index (χ4n) is 1.76. The molecule has 2 rings (SSSR count). The molecule has 16 heavy (non-hydrogen) atoms. The maximum atomic E-state index is 5.65. The lowest BCUT2D eigenvalue weighted by Crippen LogP contribution is -2.03. The van der Waals surface area contributed by atoms with Gasteiger partial charge in [-0.3, -0.25) is 0 Å². The number of imidazole rings is 1. The molecule has 0 fully saturated rings. The van der Waals surface area contributed by atoms with Crippen molar-refractivity contribution in [3.63, 3.8) is 0 Å². The minimum absolute atomic E-state index is 0.768. The van der Waals surface area contributed by atoms with Crippen molar-refractivity contribution in [3.8, 4) is 0 Å². The molecule has 2 heterocycles. The van der Waals surface area contributed by atoms with Crippen molar-refractivity contribution in [1.82, 2.24) is 14.9 Å². The first kappa shape index (κ1) is 11.0. The van der Waals surface area contributed by atoms with Gasteiger partial charge >= 0.3 is 0 Å². The molecular formula is C12H17N3O. The number of furan rings is 1. The van der Waals surface area contributed by atoms with Gasteiger partial charge in [-0.2, -0.15) is 0 Å². The zero-order chi connectivity index (χ0) is 11.5. The maximum absolute atomic E-state index is 5.65. The Balaban J connectivity index is 2.18. The summed E-state index contributed by atoms with van der Waals surface area (Å²) in [5, 5.41) is 3.08. The molecule has 0 spiro atoms. The van der Waals surface area contributed by atoms with Crippen LogP contribution in [-0.2, 0) is 13.1 Å². The largest absolute Gasteiger partial charge is 0.465 e. The summed E-state index contributed by atoms with van der Waals surface area (Å²) >= 11 is 0. The molecule has 0 aliphatic carbocycles. The number of nitrogens with one attached hydrogen (secondary N) is 1. The van der Waals surface area contributed by atoms with Crippen LogP contribution in [0.5, 0.6) is 0 Å². The summed E-state index contributed by atoms with van der Waals surface area (Å²) < 4.78 is 7.76. The van der Waals surface area contributed by atoms with Gasteiger partial charge < -0.3 is 14.3 Å². The molecule has 2 aromatic heterocycles. The van der Waals surface area contributed by atoms with Crippen LogP contribution in [0.3, 0.4) is 0 Å². The molecule has 2 aromatic rings. The zero-order valence-corrected chi connectivity index (χ0v) is 9.95. The van der Waals surface area contributed by atoms with Crippen molar-refractivity contribution >= 4 is 0 Å². The Labute approximate surface area is 95.3 Å². The number of aromatic nitrogens is 2. The van der Waals surface area contributed by atoms with Gasteiger partial charge in [0, 0.05) is 18.0 Å². The van der Waals surface area contributed by atoms with Crippen molar-refractivity contribution in [2.75, 3.05) is 7.05 Å². The number of hydrogen-bond acceptors (Lipinski definition) is 3. The molecule has 0 radical (unpaired) electrons. The van der Waals surface area contributed by atoms with Crippen molar-refractivity contribution < 1.29 is 4.42 Å². The summed E-state index contributed by atoms with van der Waals surface area (Å²) in [6.07, 6.45) is 3.80. The Morgan fingerprint density at radius 3 is 2.88 bits per heavy atom. The van der Waals surface area contributed by atoms with Crippen molar-refractivity contribution in [1.29, 1.82) is 0 Å². The summed E-state index contributed by atoms with van der Waals surface area (Å²) in [6, 6.07) is 2.10. The normalized spacial score (nSPS) is 10.9. The van der Waals surface area contributed by atoms with Gasteiger partial charge in [-0.25, -0.2) is 4.98 Å². The fourth-order valence-corrected chi connectivity index (χ4v) is 1.76. The quantitative estimate of drug-likeness (QED) is 0.853. The SMILES string of the molecule is CNCc1cc(Cn2ccnc2C)c(C)o1. The zero-order valence-electron chi connectivity index (χ0n) is 9.95. The van der Waals surface area contributed by atoms with Crippen molar-refractivity contribution in [2.24, 2.45) is 0 Å². The molecule has 1 N–H and O–H groups in total. The van der Waals surface area contributed by atoms with Crippen LogP contribution in [0.4, 0.5) is 0 Å². The van der Waals surface area contributed by atoms with Crippen LogP contribution in [-0.4, -0.2) is 16.6 Å². The van der Waals surface area contributed by atoms with Gasteiger partial charge in [-0.05, 0) is 27.0 Å². The summed E-state index contributed by atoms with van der Waals surface area (Å²) in [4.78, 5) is 4.21.